The second kappa shape index (κ2) is 4.74. The minimum Gasteiger partial charge on any atom is -0.469 e. The number of carbonyl (C=O) groups is 2. The summed E-state index contributed by atoms with van der Waals surface area (Å²) in [6.07, 6.45) is -0.369. The van der Waals surface area contributed by atoms with Crippen LogP contribution in [0, 0.1) is 0 Å². The first kappa shape index (κ1) is 11.9. The first-order chi connectivity index (χ1) is 8.58. The number of benzene rings is 1. The molecule has 0 aliphatic rings. The van der Waals surface area contributed by atoms with E-state index in [0.717, 1.165) is 0 Å². The van der Waals surface area contributed by atoms with Crippen LogP contribution in [0.25, 0.3) is 11.1 Å². The Balaban J connectivity index is 2.14. The van der Waals surface area contributed by atoms with Crippen molar-refractivity contribution in [2.75, 3.05) is 12.4 Å². The topological polar surface area (TPSA) is 101 Å². The highest BCUT2D eigenvalue weighted by atomic mass is 16.5. The first-order valence-corrected chi connectivity index (χ1v) is 5.08. The van der Waals surface area contributed by atoms with Crippen LogP contribution in [0.1, 0.15) is 6.42 Å². The van der Waals surface area contributed by atoms with E-state index < -0.39 is 17.6 Å². The van der Waals surface area contributed by atoms with Crippen molar-refractivity contribution in [3.63, 3.8) is 0 Å². The number of hydrogen-bond donors (Lipinski definition) is 2. The van der Waals surface area contributed by atoms with Crippen molar-refractivity contribution in [3.05, 3.63) is 28.7 Å². The number of oxazole rings is 1. The number of fused-ring (bicyclic) bond motifs is 1. The van der Waals surface area contributed by atoms with E-state index >= 15 is 0 Å². The maximum Gasteiger partial charge on any atom is 0.417 e. The van der Waals surface area contributed by atoms with E-state index in [9.17, 15) is 14.4 Å². The SMILES string of the molecule is COC(=O)CC(=O)Nc1ccc2[nH]c(=O)oc2c1. The Bertz CT molecular complexity index is 655. The van der Waals surface area contributed by atoms with E-state index in [4.69, 9.17) is 4.42 Å². The summed E-state index contributed by atoms with van der Waals surface area (Å²) < 4.78 is 9.21. The summed E-state index contributed by atoms with van der Waals surface area (Å²) in [4.78, 5) is 35.7. The average Bonchev–Trinajstić information content (AvgIpc) is 2.68. The van der Waals surface area contributed by atoms with Gasteiger partial charge in [-0.3, -0.25) is 14.6 Å². The zero-order valence-electron chi connectivity index (χ0n) is 9.48. The smallest absolute Gasteiger partial charge is 0.417 e. The quantitative estimate of drug-likeness (QED) is 0.614. The minimum atomic E-state index is -0.623. The van der Waals surface area contributed by atoms with Crippen LogP contribution in [0.4, 0.5) is 5.69 Å². The molecule has 0 fully saturated rings. The summed E-state index contributed by atoms with van der Waals surface area (Å²) in [5.74, 6) is -1.69. The third-order valence-electron chi connectivity index (χ3n) is 2.24. The zero-order chi connectivity index (χ0) is 13.1. The van der Waals surface area contributed by atoms with Crippen LogP contribution in [-0.2, 0) is 14.3 Å². The molecule has 0 saturated heterocycles. The number of esters is 1. The summed E-state index contributed by atoms with van der Waals surface area (Å²) in [5, 5.41) is 2.49. The molecular weight excluding hydrogens is 240 g/mol. The predicted molar refractivity (Wildman–Crippen MR) is 62.1 cm³/mol. The van der Waals surface area contributed by atoms with Gasteiger partial charge >= 0.3 is 11.7 Å². The van der Waals surface area contributed by atoms with E-state index in [-0.39, 0.29) is 6.42 Å². The van der Waals surface area contributed by atoms with Gasteiger partial charge in [0.1, 0.15) is 6.42 Å². The van der Waals surface area contributed by atoms with Crippen molar-refractivity contribution in [2.45, 2.75) is 6.42 Å². The summed E-state index contributed by atoms with van der Waals surface area (Å²) in [6.45, 7) is 0. The van der Waals surface area contributed by atoms with Gasteiger partial charge in [0.05, 0.1) is 12.6 Å². The third kappa shape index (κ3) is 2.57. The molecule has 0 spiro atoms. The lowest BCUT2D eigenvalue weighted by atomic mass is 10.2. The molecule has 7 heteroatoms. The molecule has 0 saturated carbocycles. The van der Waals surface area contributed by atoms with Gasteiger partial charge in [0.2, 0.25) is 5.91 Å². The number of aromatic nitrogens is 1. The molecular formula is C11H10N2O5. The molecule has 1 heterocycles. The molecule has 0 radical (unpaired) electrons. The summed E-state index contributed by atoms with van der Waals surface area (Å²) >= 11 is 0. The van der Waals surface area contributed by atoms with Gasteiger partial charge in [-0.05, 0) is 12.1 Å². The number of rotatable bonds is 3. The van der Waals surface area contributed by atoms with Crippen molar-refractivity contribution in [2.24, 2.45) is 0 Å². The molecule has 18 heavy (non-hydrogen) atoms. The van der Waals surface area contributed by atoms with Crippen LogP contribution in [0.3, 0.4) is 0 Å². The van der Waals surface area contributed by atoms with Gasteiger partial charge in [-0.15, -0.1) is 0 Å². The average molecular weight is 250 g/mol. The number of carbonyl (C=O) groups excluding carboxylic acids is 2. The Labute approximate surface area is 101 Å². The standard InChI is InChI=1S/C11H10N2O5/c1-17-10(15)5-9(14)12-6-2-3-7-8(4-6)18-11(16)13-7/h2-4H,5H2,1H3,(H,12,14)(H,13,16). The fraction of sp³-hybridized carbons (Fsp3) is 0.182. The molecule has 2 rings (SSSR count). The van der Waals surface area contributed by atoms with Gasteiger partial charge in [-0.2, -0.15) is 0 Å². The number of anilines is 1. The number of amides is 1. The van der Waals surface area contributed by atoms with Crippen LogP contribution in [0.5, 0.6) is 0 Å². The van der Waals surface area contributed by atoms with Crippen molar-refractivity contribution < 1.29 is 18.7 Å². The predicted octanol–water partition coefficient (Wildman–Crippen LogP) is 0.623. The summed E-state index contributed by atoms with van der Waals surface area (Å²) in [5.41, 5.74) is 1.29. The summed E-state index contributed by atoms with van der Waals surface area (Å²) in [6, 6.07) is 4.67. The first-order valence-electron chi connectivity index (χ1n) is 5.08. The minimum absolute atomic E-state index is 0.330. The van der Waals surface area contributed by atoms with Crippen molar-refractivity contribution >= 4 is 28.7 Å². The molecule has 1 aromatic heterocycles. The van der Waals surface area contributed by atoms with Crippen LogP contribution < -0.4 is 11.1 Å². The normalized spacial score (nSPS) is 10.3. The number of methoxy groups -OCH3 is 1. The molecule has 0 aliphatic heterocycles. The lowest BCUT2D eigenvalue weighted by Gasteiger charge is -2.03. The lowest BCUT2D eigenvalue weighted by Crippen LogP contribution is -2.17. The van der Waals surface area contributed by atoms with Gasteiger partial charge in [-0.25, -0.2) is 4.79 Å². The molecule has 1 amide bonds. The highest BCUT2D eigenvalue weighted by Crippen LogP contribution is 2.16. The van der Waals surface area contributed by atoms with E-state index in [0.29, 0.717) is 16.8 Å². The Morgan fingerprint density at radius 3 is 2.94 bits per heavy atom. The van der Waals surface area contributed by atoms with Crippen molar-refractivity contribution in [1.82, 2.24) is 4.98 Å². The Kier molecular flexibility index (Phi) is 3.13. The monoisotopic (exact) mass is 250 g/mol. The van der Waals surface area contributed by atoms with Gasteiger partial charge in [0.15, 0.2) is 5.58 Å². The van der Waals surface area contributed by atoms with Gasteiger partial charge < -0.3 is 14.5 Å². The summed E-state index contributed by atoms with van der Waals surface area (Å²) in [7, 11) is 1.20. The van der Waals surface area contributed by atoms with Crippen molar-refractivity contribution in [3.8, 4) is 0 Å². The number of H-pyrrole nitrogens is 1. The molecule has 2 aromatic rings. The molecule has 0 unspecified atom stereocenters. The van der Waals surface area contributed by atoms with Crippen LogP contribution >= 0.6 is 0 Å². The second-order valence-corrected chi connectivity index (χ2v) is 3.53. The van der Waals surface area contributed by atoms with Crippen LogP contribution in [0.15, 0.2) is 27.4 Å². The Hall–Kier alpha value is -2.57. The molecule has 0 atom stereocenters. The molecule has 1 aromatic carbocycles. The second-order valence-electron chi connectivity index (χ2n) is 3.53. The molecule has 7 nitrogen and oxygen atoms in total. The van der Waals surface area contributed by atoms with Crippen LogP contribution in [0.2, 0.25) is 0 Å². The van der Waals surface area contributed by atoms with Gasteiger partial charge in [0, 0.05) is 11.8 Å². The number of hydrogen-bond acceptors (Lipinski definition) is 5. The van der Waals surface area contributed by atoms with Crippen molar-refractivity contribution in [1.29, 1.82) is 0 Å². The highest BCUT2D eigenvalue weighted by molar-refractivity contribution is 6.02. The number of aromatic amines is 1. The van der Waals surface area contributed by atoms with E-state index in [1.165, 1.54) is 13.2 Å². The molecule has 0 bridgehead atoms. The van der Waals surface area contributed by atoms with E-state index in [1.807, 2.05) is 0 Å². The molecule has 94 valence electrons. The lowest BCUT2D eigenvalue weighted by molar-refractivity contribution is -0.142. The zero-order valence-corrected chi connectivity index (χ0v) is 9.48. The van der Waals surface area contributed by atoms with Crippen LogP contribution in [-0.4, -0.2) is 24.0 Å². The maximum atomic E-state index is 11.4. The van der Waals surface area contributed by atoms with Gasteiger partial charge in [0.25, 0.3) is 0 Å². The largest absolute Gasteiger partial charge is 0.469 e. The Morgan fingerprint density at radius 2 is 2.22 bits per heavy atom. The van der Waals surface area contributed by atoms with Gasteiger partial charge in [-0.1, -0.05) is 0 Å². The fourth-order valence-electron chi connectivity index (χ4n) is 1.43. The number of nitrogens with one attached hydrogen (secondary N) is 2. The Morgan fingerprint density at radius 1 is 1.44 bits per heavy atom. The number of ether oxygens (including phenoxy) is 1. The van der Waals surface area contributed by atoms with E-state index in [2.05, 4.69) is 15.0 Å². The fourth-order valence-corrected chi connectivity index (χ4v) is 1.43. The molecule has 0 aliphatic carbocycles. The third-order valence-corrected chi connectivity index (χ3v) is 2.24. The maximum absolute atomic E-state index is 11.4. The highest BCUT2D eigenvalue weighted by Gasteiger charge is 2.10. The molecule has 2 N–H and O–H groups in total. The van der Waals surface area contributed by atoms with E-state index in [1.54, 1.807) is 12.1 Å².